The first-order valence-corrected chi connectivity index (χ1v) is 8.53. The number of nitrogens with one attached hydrogen (secondary N) is 2. The first-order valence-electron chi connectivity index (χ1n) is 8.53. The van der Waals surface area contributed by atoms with Crippen LogP contribution in [0.15, 0.2) is 54.6 Å². The molecule has 0 atom stereocenters. The molecule has 0 aliphatic heterocycles. The molecule has 27 heavy (non-hydrogen) atoms. The third-order valence-corrected chi connectivity index (χ3v) is 4.18. The highest BCUT2D eigenvalue weighted by molar-refractivity contribution is 6.03. The van der Waals surface area contributed by atoms with Crippen molar-refractivity contribution < 1.29 is 9.59 Å². The van der Waals surface area contributed by atoms with E-state index >= 15 is 0 Å². The Labute approximate surface area is 157 Å². The predicted octanol–water partition coefficient (Wildman–Crippen LogP) is 4.29. The zero-order valence-electron chi connectivity index (χ0n) is 15.4. The van der Waals surface area contributed by atoms with Crippen LogP contribution in [0, 0.1) is 13.8 Å². The summed E-state index contributed by atoms with van der Waals surface area (Å²) >= 11 is 0. The lowest BCUT2D eigenvalue weighted by atomic mass is 10.1. The molecule has 0 bridgehead atoms. The van der Waals surface area contributed by atoms with E-state index in [0.717, 1.165) is 16.8 Å². The van der Waals surface area contributed by atoms with Gasteiger partial charge in [-0.05, 0) is 68.3 Å². The van der Waals surface area contributed by atoms with Gasteiger partial charge in [0, 0.05) is 16.9 Å². The molecule has 3 aromatic rings. The van der Waals surface area contributed by atoms with E-state index in [9.17, 15) is 9.59 Å². The van der Waals surface area contributed by atoms with E-state index in [4.69, 9.17) is 0 Å². The highest BCUT2D eigenvalue weighted by Crippen LogP contribution is 2.23. The van der Waals surface area contributed by atoms with E-state index in [0.29, 0.717) is 17.1 Å². The molecule has 2 N–H and O–H groups in total. The number of Topliss-reactive ketones (excluding diaryl/α,β-unsaturated/α-hetero) is 1. The molecule has 0 saturated heterocycles. The topological polar surface area (TPSA) is 84.0 Å². The van der Waals surface area contributed by atoms with Gasteiger partial charge in [0.05, 0.1) is 0 Å². The molecule has 0 radical (unpaired) electrons. The maximum Gasteiger partial charge on any atom is 0.276 e. The van der Waals surface area contributed by atoms with E-state index in [2.05, 4.69) is 20.8 Å². The van der Waals surface area contributed by atoms with Gasteiger partial charge in [-0.25, -0.2) is 0 Å². The summed E-state index contributed by atoms with van der Waals surface area (Å²) in [7, 11) is 0. The highest BCUT2D eigenvalue weighted by atomic mass is 16.2. The Kier molecular flexibility index (Phi) is 5.26. The number of anilines is 3. The molecule has 3 rings (SSSR count). The number of rotatable bonds is 5. The number of hydrogen-bond donors (Lipinski definition) is 2. The fraction of sp³-hybridized carbons (Fsp3) is 0.143. The van der Waals surface area contributed by atoms with Crippen molar-refractivity contribution >= 4 is 28.9 Å². The van der Waals surface area contributed by atoms with Crippen LogP contribution in [0.25, 0.3) is 0 Å². The number of para-hydroxylation sites is 1. The number of carbonyl (C=O) groups excluding carboxylic acids is 2. The minimum absolute atomic E-state index is 0.0225. The number of nitrogens with zero attached hydrogens (tertiary/aromatic N) is 2. The molecule has 136 valence electrons. The largest absolute Gasteiger partial charge is 0.338 e. The molecule has 1 heterocycles. The third kappa shape index (κ3) is 4.36. The monoisotopic (exact) mass is 360 g/mol. The molecule has 6 nitrogen and oxygen atoms in total. The lowest BCUT2D eigenvalue weighted by Crippen LogP contribution is -2.14. The van der Waals surface area contributed by atoms with Gasteiger partial charge in [-0.2, -0.15) is 0 Å². The Morgan fingerprint density at radius 1 is 0.852 bits per heavy atom. The van der Waals surface area contributed by atoms with Crippen LogP contribution in [-0.2, 0) is 0 Å². The quantitative estimate of drug-likeness (QED) is 0.663. The second kappa shape index (κ2) is 7.78. The van der Waals surface area contributed by atoms with Crippen molar-refractivity contribution in [2.24, 2.45) is 0 Å². The van der Waals surface area contributed by atoms with E-state index in [1.807, 2.05) is 32.0 Å². The van der Waals surface area contributed by atoms with E-state index < -0.39 is 0 Å². The Hall–Kier alpha value is -3.54. The minimum Gasteiger partial charge on any atom is -0.338 e. The van der Waals surface area contributed by atoms with Crippen molar-refractivity contribution in [3.63, 3.8) is 0 Å². The lowest BCUT2D eigenvalue weighted by molar-refractivity contribution is 0.101. The van der Waals surface area contributed by atoms with Crippen LogP contribution in [0.3, 0.4) is 0 Å². The van der Waals surface area contributed by atoms with Crippen molar-refractivity contribution in [3.8, 4) is 0 Å². The molecule has 1 amide bonds. The summed E-state index contributed by atoms with van der Waals surface area (Å²) < 4.78 is 0. The van der Waals surface area contributed by atoms with Gasteiger partial charge >= 0.3 is 0 Å². The van der Waals surface area contributed by atoms with E-state index in [1.165, 1.54) is 6.92 Å². The summed E-state index contributed by atoms with van der Waals surface area (Å²) in [6.07, 6.45) is 0. The normalized spacial score (nSPS) is 10.3. The van der Waals surface area contributed by atoms with Gasteiger partial charge in [0.25, 0.3) is 5.91 Å². The summed E-state index contributed by atoms with van der Waals surface area (Å²) in [6, 6.07) is 16.1. The molecule has 0 spiro atoms. The number of aryl methyl sites for hydroxylation is 2. The van der Waals surface area contributed by atoms with Gasteiger partial charge in [0.2, 0.25) is 0 Å². The molecule has 0 unspecified atom stereocenters. The lowest BCUT2D eigenvalue weighted by Gasteiger charge is -2.11. The van der Waals surface area contributed by atoms with Crippen LogP contribution in [0.4, 0.5) is 17.2 Å². The Morgan fingerprint density at radius 3 is 2.07 bits per heavy atom. The van der Waals surface area contributed by atoms with Crippen molar-refractivity contribution in [2.75, 3.05) is 10.6 Å². The number of amides is 1. The van der Waals surface area contributed by atoms with Crippen LogP contribution in [0.1, 0.15) is 38.9 Å². The highest BCUT2D eigenvalue weighted by Gasteiger charge is 2.10. The fourth-order valence-electron chi connectivity index (χ4n) is 2.64. The first kappa shape index (κ1) is 18.3. The second-order valence-electron chi connectivity index (χ2n) is 6.28. The van der Waals surface area contributed by atoms with Gasteiger partial charge in [-0.15, -0.1) is 10.2 Å². The number of ketones is 1. The first-order chi connectivity index (χ1) is 12.9. The van der Waals surface area contributed by atoms with Crippen LogP contribution < -0.4 is 10.6 Å². The summed E-state index contributed by atoms with van der Waals surface area (Å²) in [4.78, 5) is 23.6. The summed E-state index contributed by atoms with van der Waals surface area (Å²) in [5, 5.41) is 14.1. The average Bonchev–Trinajstić information content (AvgIpc) is 2.66. The number of hydrogen-bond acceptors (Lipinski definition) is 5. The molecule has 0 aliphatic carbocycles. The van der Waals surface area contributed by atoms with Gasteiger partial charge < -0.3 is 10.6 Å². The molecule has 6 heteroatoms. The van der Waals surface area contributed by atoms with Crippen molar-refractivity contribution in [3.05, 3.63) is 77.0 Å². The minimum atomic E-state index is -0.364. The molecule has 0 saturated carbocycles. The zero-order chi connectivity index (χ0) is 19.4. The third-order valence-electron chi connectivity index (χ3n) is 4.18. The summed E-state index contributed by atoms with van der Waals surface area (Å²) in [5.74, 6) is 0.178. The predicted molar refractivity (Wildman–Crippen MR) is 106 cm³/mol. The second-order valence-corrected chi connectivity index (χ2v) is 6.28. The average molecular weight is 360 g/mol. The van der Waals surface area contributed by atoms with Gasteiger partial charge in [-0.3, -0.25) is 9.59 Å². The fourth-order valence-corrected chi connectivity index (χ4v) is 2.64. The molecule has 0 aliphatic rings. The van der Waals surface area contributed by atoms with Gasteiger partial charge in [0.15, 0.2) is 17.3 Å². The van der Waals surface area contributed by atoms with Crippen LogP contribution in [0.2, 0.25) is 0 Å². The molecular formula is C21H20N4O2. The van der Waals surface area contributed by atoms with E-state index in [1.54, 1.807) is 36.4 Å². The molecule has 0 fully saturated rings. The molecule has 2 aromatic carbocycles. The van der Waals surface area contributed by atoms with Crippen LogP contribution in [-0.4, -0.2) is 21.9 Å². The molecule has 1 aromatic heterocycles. The van der Waals surface area contributed by atoms with Crippen molar-refractivity contribution in [1.82, 2.24) is 10.2 Å². The smallest absolute Gasteiger partial charge is 0.276 e. The Bertz CT molecular complexity index is 960. The Balaban J connectivity index is 1.69. The Morgan fingerprint density at radius 2 is 1.52 bits per heavy atom. The van der Waals surface area contributed by atoms with Crippen LogP contribution >= 0.6 is 0 Å². The maximum absolute atomic E-state index is 12.3. The SMILES string of the molecule is CC(=O)c1ccc(NC(=O)c2ccc(Nc3c(C)cccc3C)nn2)cc1. The number of carbonyl (C=O) groups is 2. The number of aromatic nitrogens is 2. The molecular weight excluding hydrogens is 340 g/mol. The summed E-state index contributed by atoms with van der Waals surface area (Å²) in [6.45, 7) is 5.53. The maximum atomic E-state index is 12.3. The summed E-state index contributed by atoms with van der Waals surface area (Å²) in [5.41, 5.74) is 4.58. The number of benzene rings is 2. The van der Waals surface area contributed by atoms with Crippen molar-refractivity contribution in [2.45, 2.75) is 20.8 Å². The van der Waals surface area contributed by atoms with Crippen molar-refractivity contribution in [1.29, 1.82) is 0 Å². The van der Waals surface area contributed by atoms with Gasteiger partial charge in [0.1, 0.15) is 0 Å². The van der Waals surface area contributed by atoms with Gasteiger partial charge in [-0.1, -0.05) is 18.2 Å². The van der Waals surface area contributed by atoms with Crippen LogP contribution in [0.5, 0.6) is 0 Å². The van der Waals surface area contributed by atoms with E-state index in [-0.39, 0.29) is 17.4 Å². The zero-order valence-corrected chi connectivity index (χ0v) is 15.4. The standard InChI is InChI=1S/C21H20N4O2/c1-13-5-4-6-14(2)20(13)23-19-12-11-18(24-25-19)21(27)22-17-9-7-16(8-10-17)15(3)26/h4-12H,1-3H3,(H,22,27)(H,23,25).